The van der Waals surface area contributed by atoms with Crippen molar-refractivity contribution in [1.29, 1.82) is 0 Å². The molecular weight excluding hydrogens is 666 g/mol. The van der Waals surface area contributed by atoms with Gasteiger partial charge in [0.2, 0.25) is 5.91 Å². The lowest BCUT2D eigenvalue weighted by atomic mass is 9.96. The quantitative estimate of drug-likeness (QED) is 0.129. The third-order valence-corrected chi connectivity index (χ3v) is 10.6. The predicted octanol–water partition coefficient (Wildman–Crippen LogP) is 6.12. The monoisotopic (exact) mass is 702 g/mol. The molecule has 4 aromatic carbocycles. The Bertz CT molecular complexity index is 1770. The van der Waals surface area contributed by atoms with Crippen molar-refractivity contribution < 1.29 is 27.8 Å². The van der Waals surface area contributed by atoms with Crippen LogP contribution in [0.5, 0.6) is 11.5 Å². The van der Waals surface area contributed by atoms with Crippen LogP contribution in [-0.4, -0.2) is 75.6 Å². The number of halogens is 3. The van der Waals surface area contributed by atoms with E-state index < -0.39 is 9.52 Å². The van der Waals surface area contributed by atoms with E-state index in [1.165, 1.54) is 30.6 Å². The van der Waals surface area contributed by atoms with Crippen LogP contribution in [0, 0.1) is 11.6 Å². The molecule has 0 radical (unpaired) electrons. The maximum atomic E-state index is 13.2. The molecule has 0 spiro atoms. The lowest BCUT2D eigenvalue weighted by molar-refractivity contribution is -0.129. The minimum absolute atomic E-state index is 0.0435. The van der Waals surface area contributed by atoms with E-state index in [1.54, 1.807) is 55.8 Å². The van der Waals surface area contributed by atoms with Gasteiger partial charge >= 0.3 is 0 Å². The van der Waals surface area contributed by atoms with Crippen molar-refractivity contribution in [2.24, 2.45) is 0 Å². The van der Waals surface area contributed by atoms with Gasteiger partial charge in [-0.2, -0.15) is 5.10 Å². The number of nitrogens with zero attached hydrogens (tertiary/aromatic N) is 4. The van der Waals surface area contributed by atoms with Crippen LogP contribution in [0.3, 0.4) is 0 Å². The topological polar surface area (TPSA) is 78.7 Å². The van der Waals surface area contributed by atoms with Crippen LogP contribution in [0.1, 0.15) is 27.8 Å². The molecule has 49 heavy (non-hydrogen) atoms. The Morgan fingerprint density at radius 1 is 0.878 bits per heavy atom. The largest absolute Gasteiger partial charge is 0.493 e. The van der Waals surface area contributed by atoms with E-state index in [0.29, 0.717) is 42.8 Å². The Kier molecular flexibility index (Phi) is 12.7. The summed E-state index contributed by atoms with van der Waals surface area (Å²) in [5.74, 6) is 0.696. The molecule has 0 bridgehead atoms. The Morgan fingerprint density at radius 2 is 1.47 bits per heavy atom. The van der Waals surface area contributed by atoms with Crippen LogP contribution in [0.25, 0.3) is 5.57 Å². The average molecular weight is 703 g/mol. The molecule has 0 unspecified atom stereocenters. The predicted molar refractivity (Wildman–Crippen MR) is 189 cm³/mol. The third kappa shape index (κ3) is 9.85. The second-order valence-corrected chi connectivity index (χ2v) is 13.5. The summed E-state index contributed by atoms with van der Waals surface area (Å²) in [6.45, 7) is 2.31. The number of carbonyl (C=O) groups excluding carboxylic acids is 1. The number of ether oxygens (including phenoxy) is 3. The number of aromatic nitrogens is 3. The molecule has 0 atom stereocenters. The first-order valence-electron chi connectivity index (χ1n) is 15.7. The molecule has 1 fully saturated rings. The Hall–Kier alpha value is -4.84. The summed E-state index contributed by atoms with van der Waals surface area (Å²) in [5, 5.41) is 4.77. The van der Waals surface area contributed by atoms with Gasteiger partial charge in [-0.1, -0.05) is 54.1 Å². The Labute approximate surface area is 291 Å². The second-order valence-electron chi connectivity index (χ2n) is 11.2. The van der Waals surface area contributed by atoms with Crippen molar-refractivity contribution in [2.45, 2.75) is 11.7 Å². The van der Waals surface area contributed by atoms with Gasteiger partial charge in [0, 0.05) is 30.4 Å². The zero-order valence-corrected chi connectivity index (χ0v) is 29.4. The Morgan fingerprint density at radius 3 is 2.02 bits per heavy atom. The van der Waals surface area contributed by atoms with E-state index in [4.69, 9.17) is 25.8 Å². The van der Waals surface area contributed by atoms with Crippen molar-refractivity contribution in [3.05, 3.63) is 149 Å². The molecular formula is C37H37ClF2N4O4Si. The number of hydrogen-bond acceptors (Lipinski definition) is 6. The highest BCUT2D eigenvalue weighted by molar-refractivity contribution is 6.37. The zero-order valence-electron chi connectivity index (χ0n) is 27.3. The maximum Gasteiger partial charge on any atom is 0.247 e. The molecule has 254 valence electrons. The molecule has 0 saturated carbocycles. The third-order valence-electron chi connectivity index (χ3n) is 8.10. The van der Waals surface area contributed by atoms with E-state index >= 15 is 0 Å². The van der Waals surface area contributed by atoms with Gasteiger partial charge in [0.1, 0.15) is 24.3 Å². The lowest BCUT2D eigenvalue weighted by Gasteiger charge is -2.26. The fraction of sp³-hybridized carbons (Fsp3) is 0.216. The molecule has 1 aliphatic rings. The van der Waals surface area contributed by atoms with Gasteiger partial charge in [-0.3, -0.25) is 9.48 Å². The number of morpholine rings is 1. The molecule has 1 aliphatic heterocycles. The summed E-state index contributed by atoms with van der Waals surface area (Å²) in [5.41, 5.74) is 4.85. The van der Waals surface area contributed by atoms with Gasteiger partial charge in [-0.25, -0.2) is 13.8 Å². The van der Waals surface area contributed by atoms with Crippen LogP contribution in [0.15, 0.2) is 110 Å². The zero-order chi connectivity index (χ0) is 34.6. The van der Waals surface area contributed by atoms with Crippen molar-refractivity contribution in [2.75, 3.05) is 40.5 Å². The minimum Gasteiger partial charge on any atom is -0.493 e. The Balaban J connectivity index is 0.000000195. The summed E-state index contributed by atoms with van der Waals surface area (Å²) in [7, 11) is 2.53. The number of benzene rings is 4. The number of carbonyl (C=O) groups is 1. The van der Waals surface area contributed by atoms with E-state index in [0.717, 1.165) is 34.0 Å². The number of rotatable bonds is 10. The summed E-state index contributed by atoms with van der Waals surface area (Å²) in [6.07, 6.45) is 5.69. The molecule has 6 rings (SSSR count). The summed E-state index contributed by atoms with van der Waals surface area (Å²) < 4.78 is 44.2. The smallest absolute Gasteiger partial charge is 0.247 e. The van der Waals surface area contributed by atoms with Crippen LogP contribution in [0.2, 0.25) is 5.02 Å². The van der Waals surface area contributed by atoms with Gasteiger partial charge in [-0.15, -0.1) is 0 Å². The van der Waals surface area contributed by atoms with Crippen molar-refractivity contribution in [1.82, 2.24) is 19.7 Å². The standard InChI is InChI=1S/C21H22ClNO4.C16H15F2N3Si/c1-25-19-8-5-16(13-20(19)26-2)18(15-3-6-17(22)7-4-15)14-21(24)23-9-11-27-12-10-23;17-14-5-1-12(2-6-14)16(13-3-7-15(18)8-4-13)22-11-21-10-19-9-20-21/h3-8,13-14H,9-12H2,1-2H3;1-10,16H,11,22H2/b18-14+;. The van der Waals surface area contributed by atoms with E-state index in [-0.39, 0.29) is 23.1 Å². The normalized spacial score (nSPS) is 13.3. The minimum atomic E-state index is -0.649. The summed E-state index contributed by atoms with van der Waals surface area (Å²) >= 11 is 6.03. The highest BCUT2D eigenvalue weighted by Crippen LogP contribution is 2.33. The van der Waals surface area contributed by atoms with Crippen LogP contribution in [0.4, 0.5) is 8.78 Å². The number of amides is 1. The van der Waals surface area contributed by atoms with Crippen molar-refractivity contribution >= 4 is 32.6 Å². The first-order chi connectivity index (χ1) is 23.8. The van der Waals surface area contributed by atoms with E-state index in [9.17, 15) is 13.6 Å². The summed E-state index contributed by atoms with van der Waals surface area (Å²) in [4.78, 5) is 18.5. The van der Waals surface area contributed by atoms with Crippen molar-refractivity contribution in [3.63, 3.8) is 0 Å². The number of methoxy groups -OCH3 is 2. The molecule has 0 N–H and O–H groups in total. The van der Waals surface area contributed by atoms with E-state index in [2.05, 4.69) is 10.1 Å². The molecule has 5 aromatic rings. The number of hydrogen-bond donors (Lipinski definition) is 0. The molecule has 2 heterocycles. The SMILES string of the molecule is COc1ccc(/C(=C/C(=O)N2CCOCC2)c2ccc(Cl)cc2)cc1OC.Fc1ccc(C([SiH2]Cn2cncn2)c2ccc(F)cc2)cc1. The van der Waals surface area contributed by atoms with Gasteiger partial charge < -0.3 is 19.1 Å². The molecule has 1 saturated heterocycles. The van der Waals surface area contributed by atoms with Crippen LogP contribution in [-0.2, 0) is 15.7 Å². The summed E-state index contributed by atoms with van der Waals surface area (Å²) in [6, 6.07) is 26.1. The molecule has 8 nitrogen and oxygen atoms in total. The average Bonchev–Trinajstić information content (AvgIpc) is 3.67. The molecule has 0 aliphatic carbocycles. The van der Waals surface area contributed by atoms with Crippen molar-refractivity contribution in [3.8, 4) is 11.5 Å². The fourth-order valence-electron chi connectivity index (χ4n) is 5.49. The maximum absolute atomic E-state index is 13.2. The molecule has 1 aromatic heterocycles. The van der Waals surface area contributed by atoms with Gasteiger partial charge in [0.15, 0.2) is 11.5 Å². The molecule has 12 heteroatoms. The highest BCUT2D eigenvalue weighted by atomic mass is 35.5. The fourth-order valence-corrected chi connectivity index (χ4v) is 7.58. The first kappa shape index (κ1) is 35.5. The lowest BCUT2D eigenvalue weighted by Crippen LogP contribution is -2.39. The van der Waals surface area contributed by atoms with Crippen LogP contribution >= 0.6 is 11.6 Å². The van der Waals surface area contributed by atoms with Gasteiger partial charge in [0.25, 0.3) is 0 Å². The van der Waals surface area contributed by atoms with E-state index in [1.807, 2.05) is 47.1 Å². The first-order valence-corrected chi connectivity index (χ1v) is 17.9. The van der Waals surface area contributed by atoms with Gasteiger partial charge in [-0.05, 0) is 81.9 Å². The second kappa shape index (κ2) is 17.5. The van der Waals surface area contributed by atoms with Crippen LogP contribution < -0.4 is 9.47 Å². The molecule has 1 amide bonds. The highest BCUT2D eigenvalue weighted by Gasteiger charge is 2.18. The van der Waals surface area contributed by atoms with Gasteiger partial charge in [0.05, 0.1) is 37.0 Å².